The molecule has 0 aliphatic rings. The van der Waals surface area contributed by atoms with Crippen molar-refractivity contribution in [3.8, 4) is 0 Å². The van der Waals surface area contributed by atoms with Crippen molar-refractivity contribution in [1.29, 1.82) is 0 Å². The Balaban J connectivity index is 2.47. The van der Waals surface area contributed by atoms with Gasteiger partial charge in [-0.2, -0.15) is 0 Å². The van der Waals surface area contributed by atoms with Crippen LogP contribution < -0.4 is 4.90 Å². The van der Waals surface area contributed by atoms with Crippen molar-refractivity contribution in [3.05, 3.63) is 78.4 Å². The first-order valence-electron chi connectivity index (χ1n) is 7.51. The zero-order chi connectivity index (χ0) is 16.2. The fourth-order valence-electron chi connectivity index (χ4n) is 2.50. The summed E-state index contributed by atoms with van der Waals surface area (Å²) in [6, 6.07) is 18.1. The molecule has 0 radical (unpaired) electrons. The van der Waals surface area contributed by atoms with Crippen LogP contribution in [-0.4, -0.2) is 5.91 Å². The van der Waals surface area contributed by atoms with Crippen molar-refractivity contribution in [2.45, 2.75) is 32.7 Å². The predicted molar refractivity (Wildman–Crippen MR) is 93.0 cm³/mol. The maximum absolute atomic E-state index is 12.4. The lowest BCUT2D eigenvalue weighted by molar-refractivity contribution is -0.114. The number of nitrogens with zero attached hydrogens (tertiary/aromatic N) is 1. The van der Waals surface area contributed by atoms with Crippen LogP contribution in [0.5, 0.6) is 0 Å². The third-order valence-corrected chi connectivity index (χ3v) is 3.63. The number of anilines is 1. The van der Waals surface area contributed by atoms with Crippen LogP contribution in [0.1, 0.15) is 31.9 Å². The largest absolute Gasteiger partial charge is 0.304 e. The molecule has 114 valence electrons. The van der Waals surface area contributed by atoms with Crippen LogP contribution in [0.2, 0.25) is 0 Å². The van der Waals surface area contributed by atoms with Crippen molar-refractivity contribution in [1.82, 2.24) is 0 Å². The van der Waals surface area contributed by atoms with E-state index in [9.17, 15) is 4.79 Å². The molecule has 0 saturated heterocycles. The van der Waals surface area contributed by atoms with Crippen molar-refractivity contribution in [3.63, 3.8) is 0 Å². The number of hydrogen-bond donors (Lipinski definition) is 0. The highest BCUT2D eigenvalue weighted by molar-refractivity contribution is 6.01. The topological polar surface area (TPSA) is 20.3 Å². The molecule has 0 saturated carbocycles. The molecule has 0 aliphatic carbocycles. The van der Waals surface area contributed by atoms with Crippen molar-refractivity contribution >= 4 is 11.6 Å². The van der Waals surface area contributed by atoms with E-state index in [0.717, 1.165) is 16.8 Å². The number of hydrogen-bond acceptors (Lipinski definition) is 1. The number of para-hydroxylation sites is 1. The van der Waals surface area contributed by atoms with Crippen LogP contribution in [-0.2, 0) is 16.8 Å². The van der Waals surface area contributed by atoms with E-state index in [0.29, 0.717) is 6.54 Å². The van der Waals surface area contributed by atoms with Crippen LogP contribution in [0.25, 0.3) is 0 Å². The molecule has 0 spiro atoms. The van der Waals surface area contributed by atoms with Gasteiger partial charge in [0.15, 0.2) is 0 Å². The SMILES string of the molecule is C=CC(=O)N(Cc1ccccc1)c1ccccc1C(C)(C)C. The Morgan fingerprint density at radius 1 is 1.05 bits per heavy atom. The fourth-order valence-corrected chi connectivity index (χ4v) is 2.50. The smallest absolute Gasteiger partial charge is 0.250 e. The van der Waals surface area contributed by atoms with Crippen LogP contribution in [0.3, 0.4) is 0 Å². The highest BCUT2D eigenvalue weighted by Crippen LogP contribution is 2.32. The second-order valence-corrected chi connectivity index (χ2v) is 6.38. The maximum atomic E-state index is 12.4. The molecule has 0 atom stereocenters. The van der Waals surface area contributed by atoms with E-state index in [1.165, 1.54) is 6.08 Å². The highest BCUT2D eigenvalue weighted by Gasteiger charge is 2.23. The molecule has 1 amide bonds. The summed E-state index contributed by atoms with van der Waals surface area (Å²) in [6.45, 7) is 10.7. The van der Waals surface area contributed by atoms with E-state index in [2.05, 4.69) is 33.4 Å². The average Bonchev–Trinajstić information content (AvgIpc) is 2.52. The molecule has 22 heavy (non-hydrogen) atoms. The molecule has 0 heterocycles. The summed E-state index contributed by atoms with van der Waals surface area (Å²) in [5.74, 6) is -0.0828. The van der Waals surface area contributed by atoms with Gasteiger partial charge in [0.2, 0.25) is 0 Å². The van der Waals surface area contributed by atoms with E-state index in [1.807, 2.05) is 48.5 Å². The molecule has 2 nitrogen and oxygen atoms in total. The van der Waals surface area contributed by atoms with Gasteiger partial charge < -0.3 is 4.90 Å². The van der Waals surface area contributed by atoms with Gasteiger partial charge in [0.1, 0.15) is 0 Å². The number of carbonyl (C=O) groups excluding carboxylic acids is 1. The number of carbonyl (C=O) groups is 1. The van der Waals surface area contributed by atoms with Crippen LogP contribution in [0, 0.1) is 0 Å². The molecule has 0 aromatic heterocycles. The normalized spacial score (nSPS) is 11.0. The summed E-state index contributed by atoms with van der Waals surface area (Å²) in [5, 5.41) is 0. The first-order valence-corrected chi connectivity index (χ1v) is 7.51. The molecule has 2 heteroatoms. The van der Waals surface area contributed by atoms with E-state index in [1.54, 1.807) is 4.90 Å². The summed E-state index contributed by atoms with van der Waals surface area (Å²) in [6.07, 6.45) is 1.38. The molecule has 0 fully saturated rings. The molecule has 2 rings (SSSR count). The lowest BCUT2D eigenvalue weighted by Gasteiger charge is -2.29. The highest BCUT2D eigenvalue weighted by atomic mass is 16.2. The van der Waals surface area contributed by atoms with E-state index in [-0.39, 0.29) is 11.3 Å². The molecule has 0 bridgehead atoms. The minimum absolute atomic E-state index is 0.0347. The van der Waals surface area contributed by atoms with E-state index in [4.69, 9.17) is 0 Å². The van der Waals surface area contributed by atoms with Gasteiger partial charge in [-0.1, -0.05) is 75.9 Å². The van der Waals surface area contributed by atoms with E-state index >= 15 is 0 Å². The monoisotopic (exact) mass is 293 g/mol. The van der Waals surface area contributed by atoms with Gasteiger partial charge in [-0.05, 0) is 28.7 Å². The molecule has 0 unspecified atom stereocenters. The first-order chi connectivity index (χ1) is 10.4. The third-order valence-electron chi connectivity index (χ3n) is 3.63. The van der Waals surface area contributed by atoms with Gasteiger partial charge >= 0.3 is 0 Å². The second-order valence-electron chi connectivity index (χ2n) is 6.38. The molecular formula is C20H23NO. The summed E-state index contributed by atoms with van der Waals surface area (Å²) >= 11 is 0. The van der Waals surface area contributed by atoms with Gasteiger partial charge in [-0.25, -0.2) is 0 Å². The van der Waals surface area contributed by atoms with Crippen molar-refractivity contribution in [2.24, 2.45) is 0 Å². The van der Waals surface area contributed by atoms with Crippen LogP contribution in [0.15, 0.2) is 67.3 Å². The Morgan fingerprint density at radius 3 is 2.23 bits per heavy atom. The van der Waals surface area contributed by atoms with Crippen LogP contribution in [0.4, 0.5) is 5.69 Å². The lowest BCUT2D eigenvalue weighted by Crippen LogP contribution is -2.31. The zero-order valence-electron chi connectivity index (χ0n) is 13.5. The summed E-state index contributed by atoms with van der Waals surface area (Å²) < 4.78 is 0. The minimum Gasteiger partial charge on any atom is -0.304 e. The molecule has 0 aliphatic heterocycles. The van der Waals surface area contributed by atoms with Gasteiger partial charge in [0.05, 0.1) is 6.54 Å². The Labute approximate surface area is 133 Å². The Morgan fingerprint density at radius 2 is 1.64 bits per heavy atom. The van der Waals surface area contributed by atoms with Crippen LogP contribution >= 0.6 is 0 Å². The van der Waals surface area contributed by atoms with Gasteiger partial charge in [-0.15, -0.1) is 0 Å². The Kier molecular flexibility index (Phi) is 4.81. The fraction of sp³-hybridized carbons (Fsp3) is 0.250. The molecule has 2 aromatic carbocycles. The van der Waals surface area contributed by atoms with E-state index < -0.39 is 0 Å². The number of rotatable bonds is 4. The zero-order valence-corrected chi connectivity index (χ0v) is 13.5. The third kappa shape index (κ3) is 3.64. The molecular weight excluding hydrogens is 270 g/mol. The average molecular weight is 293 g/mol. The predicted octanol–water partition coefficient (Wildman–Crippen LogP) is 4.70. The quantitative estimate of drug-likeness (QED) is 0.748. The summed E-state index contributed by atoms with van der Waals surface area (Å²) in [7, 11) is 0. The first kappa shape index (κ1) is 16.0. The maximum Gasteiger partial charge on any atom is 0.250 e. The van der Waals surface area contributed by atoms with Crippen molar-refractivity contribution in [2.75, 3.05) is 4.90 Å². The molecule has 0 N–H and O–H groups in total. The van der Waals surface area contributed by atoms with Crippen molar-refractivity contribution < 1.29 is 4.79 Å². The second kappa shape index (κ2) is 6.61. The Bertz CT molecular complexity index is 653. The number of benzene rings is 2. The lowest BCUT2D eigenvalue weighted by atomic mass is 9.85. The van der Waals surface area contributed by atoms with Gasteiger partial charge in [-0.3, -0.25) is 4.79 Å². The number of amides is 1. The Hall–Kier alpha value is -2.35. The molecule has 2 aromatic rings. The van der Waals surface area contributed by atoms with Gasteiger partial charge in [0.25, 0.3) is 5.91 Å². The summed E-state index contributed by atoms with van der Waals surface area (Å²) in [4.78, 5) is 14.2. The summed E-state index contributed by atoms with van der Waals surface area (Å²) in [5.41, 5.74) is 3.17. The minimum atomic E-state index is -0.0828. The van der Waals surface area contributed by atoms with Gasteiger partial charge in [0, 0.05) is 5.69 Å². The standard InChI is InChI=1S/C20H23NO/c1-5-19(22)21(15-16-11-7-6-8-12-16)18-14-10-9-13-17(18)20(2,3)4/h5-14H,1,15H2,2-4H3.